The molecule has 0 unspecified atom stereocenters. The molecular weight excluding hydrogens is 426 g/mol. The van der Waals surface area contributed by atoms with Crippen LogP contribution in [0.4, 0.5) is 23.1 Å². The number of ether oxygens (including phenoxy) is 1. The fraction of sp³-hybridized carbons (Fsp3) is 0.217. The van der Waals surface area contributed by atoms with E-state index in [0.717, 1.165) is 16.6 Å². The number of H-pyrrole nitrogens is 1. The van der Waals surface area contributed by atoms with Gasteiger partial charge in [0.05, 0.1) is 34.0 Å². The van der Waals surface area contributed by atoms with Crippen molar-refractivity contribution in [2.24, 2.45) is 0 Å². The lowest BCUT2D eigenvalue weighted by molar-refractivity contribution is 0.416. The fourth-order valence-corrected chi connectivity index (χ4v) is 4.53. The Balaban J connectivity index is 1.78. The van der Waals surface area contributed by atoms with E-state index in [0.29, 0.717) is 28.9 Å². The molecule has 2 heterocycles. The van der Waals surface area contributed by atoms with Gasteiger partial charge < -0.3 is 20.4 Å². The number of fused-ring (bicyclic) bond motifs is 1. The van der Waals surface area contributed by atoms with Crippen LogP contribution in [0, 0.1) is 6.92 Å². The minimum atomic E-state index is -3.49. The molecule has 0 fully saturated rings. The van der Waals surface area contributed by atoms with Gasteiger partial charge in [-0.3, -0.25) is 0 Å². The zero-order valence-corrected chi connectivity index (χ0v) is 19.1. The summed E-state index contributed by atoms with van der Waals surface area (Å²) in [6, 6.07) is 14.4. The third-order valence-electron chi connectivity index (χ3n) is 5.08. The Morgan fingerprint density at radius 2 is 1.78 bits per heavy atom. The van der Waals surface area contributed by atoms with E-state index in [1.807, 2.05) is 31.2 Å². The molecule has 32 heavy (non-hydrogen) atoms. The van der Waals surface area contributed by atoms with Gasteiger partial charge in [-0.25, -0.2) is 8.42 Å². The van der Waals surface area contributed by atoms with Gasteiger partial charge in [-0.2, -0.15) is 9.97 Å². The lowest BCUT2D eigenvalue weighted by Gasteiger charge is -2.16. The van der Waals surface area contributed by atoms with Crippen molar-refractivity contribution in [1.29, 1.82) is 0 Å². The van der Waals surface area contributed by atoms with Crippen LogP contribution in [0.2, 0.25) is 0 Å². The van der Waals surface area contributed by atoms with Gasteiger partial charge in [0, 0.05) is 6.20 Å². The molecule has 0 spiro atoms. The van der Waals surface area contributed by atoms with Gasteiger partial charge in [0.15, 0.2) is 9.84 Å². The summed E-state index contributed by atoms with van der Waals surface area (Å²) in [5, 5.41) is 6.61. The van der Waals surface area contributed by atoms with E-state index in [-0.39, 0.29) is 4.90 Å². The molecule has 3 N–H and O–H groups in total. The number of anilines is 4. The summed E-state index contributed by atoms with van der Waals surface area (Å²) in [5.74, 6) is 1.49. The molecule has 0 aliphatic rings. The number of hydrogen-bond donors (Lipinski definition) is 3. The summed E-state index contributed by atoms with van der Waals surface area (Å²) >= 11 is 0. The monoisotopic (exact) mass is 451 g/mol. The van der Waals surface area contributed by atoms with E-state index < -0.39 is 15.1 Å². The standard InChI is InChI=1S/C23H25N5O3S/c1-14(2)32(29,30)20-8-6-5-7-17(20)25-22-16-11-12-24-21(16)27-23(28-22)26-18-13-15(3)9-10-19(18)31-4/h5-14H,1-4H3,(H3,24,25,26,27,28). The van der Waals surface area contributed by atoms with Crippen LogP contribution in [-0.4, -0.2) is 35.7 Å². The first kappa shape index (κ1) is 21.6. The Bertz CT molecular complexity index is 1380. The third kappa shape index (κ3) is 4.11. The molecule has 0 atom stereocenters. The molecule has 0 saturated heterocycles. The largest absolute Gasteiger partial charge is 0.495 e. The first-order chi connectivity index (χ1) is 15.3. The van der Waals surface area contributed by atoms with Gasteiger partial charge in [-0.15, -0.1) is 0 Å². The highest BCUT2D eigenvalue weighted by atomic mass is 32.2. The summed E-state index contributed by atoms with van der Waals surface area (Å²) in [4.78, 5) is 12.5. The zero-order chi connectivity index (χ0) is 22.9. The topological polar surface area (TPSA) is 109 Å². The van der Waals surface area contributed by atoms with Crippen molar-refractivity contribution in [3.63, 3.8) is 0 Å². The Morgan fingerprint density at radius 1 is 1.00 bits per heavy atom. The number of benzene rings is 2. The summed E-state index contributed by atoms with van der Waals surface area (Å²) < 4.78 is 31.2. The molecule has 0 bridgehead atoms. The highest BCUT2D eigenvalue weighted by Gasteiger charge is 2.23. The van der Waals surface area contributed by atoms with Crippen molar-refractivity contribution in [2.45, 2.75) is 30.9 Å². The van der Waals surface area contributed by atoms with E-state index in [1.165, 1.54) is 0 Å². The van der Waals surface area contributed by atoms with Crippen LogP contribution >= 0.6 is 0 Å². The average Bonchev–Trinajstić information content (AvgIpc) is 3.23. The van der Waals surface area contributed by atoms with Gasteiger partial charge in [0.1, 0.15) is 17.2 Å². The van der Waals surface area contributed by atoms with Crippen LogP contribution in [0.25, 0.3) is 11.0 Å². The molecule has 0 aliphatic carbocycles. The van der Waals surface area contributed by atoms with Crippen LogP contribution in [-0.2, 0) is 9.84 Å². The number of nitrogens with zero attached hydrogens (tertiary/aromatic N) is 2. The van der Waals surface area contributed by atoms with Crippen molar-refractivity contribution in [3.8, 4) is 5.75 Å². The molecule has 2 aromatic carbocycles. The Labute approximate surface area is 187 Å². The van der Waals surface area contributed by atoms with E-state index in [2.05, 4.69) is 25.6 Å². The maximum absolute atomic E-state index is 12.9. The van der Waals surface area contributed by atoms with Crippen LogP contribution in [0.1, 0.15) is 19.4 Å². The van der Waals surface area contributed by atoms with E-state index >= 15 is 0 Å². The van der Waals surface area contributed by atoms with Crippen LogP contribution in [0.3, 0.4) is 0 Å². The molecule has 8 nitrogen and oxygen atoms in total. The Hall–Kier alpha value is -3.59. The molecule has 166 valence electrons. The Kier molecular flexibility index (Phi) is 5.75. The number of para-hydroxylation sites is 1. The molecule has 0 radical (unpaired) electrons. The van der Waals surface area contributed by atoms with Crippen LogP contribution in [0.5, 0.6) is 5.75 Å². The van der Waals surface area contributed by atoms with E-state index in [1.54, 1.807) is 51.4 Å². The predicted octanol–water partition coefficient (Wildman–Crippen LogP) is 4.94. The number of methoxy groups -OCH3 is 1. The van der Waals surface area contributed by atoms with Crippen LogP contribution < -0.4 is 15.4 Å². The molecule has 0 aliphatic heterocycles. The molecule has 0 amide bonds. The third-order valence-corrected chi connectivity index (χ3v) is 7.29. The number of aromatic nitrogens is 3. The van der Waals surface area contributed by atoms with Crippen molar-refractivity contribution < 1.29 is 13.2 Å². The van der Waals surface area contributed by atoms with Crippen molar-refractivity contribution in [1.82, 2.24) is 15.0 Å². The molecular formula is C23H25N5O3S. The predicted molar refractivity (Wildman–Crippen MR) is 127 cm³/mol. The minimum absolute atomic E-state index is 0.229. The first-order valence-corrected chi connectivity index (χ1v) is 11.7. The van der Waals surface area contributed by atoms with Gasteiger partial charge in [-0.1, -0.05) is 18.2 Å². The van der Waals surface area contributed by atoms with Crippen molar-refractivity contribution in [2.75, 3.05) is 17.7 Å². The first-order valence-electron chi connectivity index (χ1n) is 10.2. The van der Waals surface area contributed by atoms with Gasteiger partial charge in [0.2, 0.25) is 5.95 Å². The second-order valence-electron chi connectivity index (χ2n) is 7.68. The summed E-state index contributed by atoms with van der Waals surface area (Å²) in [7, 11) is -1.88. The summed E-state index contributed by atoms with van der Waals surface area (Å²) in [6.07, 6.45) is 1.76. The van der Waals surface area contributed by atoms with E-state index in [9.17, 15) is 8.42 Å². The quantitative estimate of drug-likeness (QED) is 0.365. The SMILES string of the molecule is COc1ccc(C)cc1Nc1nc(Nc2ccccc2S(=O)(=O)C(C)C)c2cc[nH]c2n1. The maximum atomic E-state index is 12.9. The summed E-state index contributed by atoms with van der Waals surface area (Å²) in [5.41, 5.74) is 2.86. The molecule has 4 rings (SSSR count). The number of aryl methyl sites for hydroxylation is 1. The van der Waals surface area contributed by atoms with Crippen molar-refractivity contribution in [3.05, 3.63) is 60.3 Å². The summed E-state index contributed by atoms with van der Waals surface area (Å²) in [6.45, 7) is 5.32. The minimum Gasteiger partial charge on any atom is -0.495 e. The number of nitrogens with one attached hydrogen (secondary N) is 3. The van der Waals surface area contributed by atoms with Crippen molar-refractivity contribution >= 4 is 44.0 Å². The number of hydrogen-bond acceptors (Lipinski definition) is 7. The number of aromatic amines is 1. The molecule has 0 saturated carbocycles. The second kappa shape index (κ2) is 8.51. The van der Waals surface area contributed by atoms with Gasteiger partial charge in [0.25, 0.3) is 0 Å². The highest BCUT2D eigenvalue weighted by Crippen LogP contribution is 2.32. The zero-order valence-electron chi connectivity index (χ0n) is 18.3. The number of sulfone groups is 1. The molecule has 9 heteroatoms. The smallest absolute Gasteiger partial charge is 0.231 e. The van der Waals surface area contributed by atoms with E-state index in [4.69, 9.17) is 4.74 Å². The second-order valence-corrected chi connectivity index (χ2v) is 10.2. The fourth-order valence-electron chi connectivity index (χ4n) is 3.33. The molecule has 2 aromatic heterocycles. The lowest BCUT2D eigenvalue weighted by atomic mass is 10.2. The average molecular weight is 452 g/mol. The number of rotatable bonds is 7. The highest BCUT2D eigenvalue weighted by molar-refractivity contribution is 7.92. The maximum Gasteiger partial charge on any atom is 0.231 e. The molecule has 4 aromatic rings. The van der Waals surface area contributed by atoms with Gasteiger partial charge in [-0.05, 0) is 56.7 Å². The normalized spacial score (nSPS) is 11.7. The lowest BCUT2D eigenvalue weighted by Crippen LogP contribution is -2.15. The van der Waals surface area contributed by atoms with Gasteiger partial charge >= 0.3 is 0 Å². The van der Waals surface area contributed by atoms with Crippen LogP contribution in [0.15, 0.2) is 59.6 Å². The Morgan fingerprint density at radius 3 is 2.53 bits per heavy atom.